The summed E-state index contributed by atoms with van der Waals surface area (Å²) < 4.78 is 4.52. The molecule has 0 bridgehead atoms. The summed E-state index contributed by atoms with van der Waals surface area (Å²) in [5, 5.41) is 8.70. The molecule has 1 N–H and O–H groups in total. The molecule has 0 aliphatic heterocycles. The molecule has 0 unspecified atom stereocenters. The number of carbonyl (C=O) groups excluding carboxylic acids is 2. The Morgan fingerprint density at radius 2 is 2.25 bits per heavy atom. The first-order valence-corrected chi connectivity index (χ1v) is 5.97. The minimum absolute atomic E-state index is 0.114. The summed E-state index contributed by atoms with van der Waals surface area (Å²) >= 11 is 0. The van der Waals surface area contributed by atoms with Gasteiger partial charge in [0.05, 0.1) is 19.1 Å². The smallest absolute Gasteiger partial charge is 0.307 e. The molecule has 0 fully saturated rings. The summed E-state index contributed by atoms with van der Waals surface area (Å²) in [5.41, 5.74) is 0.636. The molecule has 20 heavy (non-hydrogen) atoms. The van der Waals surface area contributed by atoms with Gasteiger partial charge in [0.15, 0.2) is 0 Å². The molecule has 1 aromatic heterocycles. The number of ether oxygens (including phenoxy) is 1. The number of hydrogen-bond donors (Lipinski definition) is 1. The second-order valence-corrected chi connectivity index (χ2v) is 3.91. The number of aliphatic hydroxyl groups is 1. The monoisotopic (exact) mass is 276 g/mol. The molecule has 6 heteroatoms. The lowest BCUT2D eigenvalue weighted by Gasteiger charge is -2.16. The summed E-state index contributed by atoms with van der Waals surface area (Å²) in [6.45, 7) is -0.0599. The zero-order valence-electron chi connectivity index (χ0n) is 11.4. The minimum Gasteiger partial charge on any atom is -0.469 e. The first kappa shape index (κ1) is 15.7. The number of aliphatic hydroxyl groups excluding tert-OH is 1. The zero-order valence-corrected chi connectivity index (χ0v) is 11.4. The SMILES string of the molecule is COC(=O)CCN(C)C(=O)c1ncccc1C#CCO. The number of rotatable bonds is 4. The first-order valence-electron chi connectivity index (χ1n) is 5.97. The molecule has 1 heterocycles. The van der Waals surface area contributed by atoms with Crippen LogP contribution in [0.5, 0.6) is 0 Å². The fourth-order valence-electron chi connectivity index (χ4n) is 1.45. The van der Waals surface area contributed by atoms with Crippen molar-refractivity contribution in [3.05, 3.63) is 29.6 Å². The molecular weight excluding hydrogens is 260 g/mol. The van der Waals surface area contributed by atoms with E-state index in [1.807, 2.05) is 0 Å². The van der Waals surface area contributed by atoms with Crippen molar-refractivity contribution in [2.24, 2.45) is 0 Å². The Hall–Kier alpha value is -2.39. The molecule has 0 aliphatic carbocycles. The molecule has 1 rings (SSSR count). The molecule has 0 atom stereocenters. The molecular formula is C14H16N2O4. The molecule has 1 amide bonds. The van der Waals surface area contributed by atoms with Crippen LogP contribution in [0.25, 0.3) is 0 Å². The van der Waals surface area contributed by atoms with Crippen molar-refractivity contribution in [2.45, 2.75) is 6.42 Å². The number of aromatic nitrogens is 1. The van der Waals surface area contributed by atoms with Crippen LogP contribution in [0, 0.1) is 11.8 Å². The predicted molar refractivity (Wildman–Crippen MR) is 71.8 cm³/mol. The first-order chi connectivity index (χ1) is 9.60. The summed E-state index contributed by atoms with van der Waals surface area (Å²) in [6.07, 6.45) is 1.61. The van der Waals surface area contributed by atoms with Gasteiger partial charge >= 0.3 is 5.97 Å². The summed E-state index contributed by atoms with van der Waals surface area (Å²) in [7, 11) is 2.87. The third-order valence-electron chi connectivity index (χ3n) is 2.54. The molecule has 0 saturated heterocycles. The van der Waals surface area contributed by atoms with Gasteiger partial charge in [-0.2, -0.15) is 0 Å². The van der Waals surface area contributed by atoms with Gasteiger partial charge in [-0.15, -0.1) is 0 Å². The lowest BCUT2D eigenvalue weighted by atomic mass is 10.1. The number of carbonyl (C=O) groups is 2. The molecule has 0 radical (unpaired) electrons. The van der Waals surface area contributed by atoms with Crippen LogP contribution in [-0.4, -0.2) is 54.2 Å². The van der Waals surface area contributed by atoms with E-state index < -0.39 is 0 Å². The number of methoxy groups -OCH3 is 1. The highest BCUT2D eigenvalue weighted by Gasteiger charge is 2.17. The second-order valence-electron chi connectivity index (χ2n) is 3.91. The van der Waals surface area contributed by atoms with Crippen LogP contribution < -0.4 is 0 Å². The van der Waals surface area contributed by atoms with Gasteiger partial charge in [0, 0.05) is 19.8 Å². The largest absolute Gasteiger partial charge is 0.469 e. The third kappa shape index (κ3) is 4.37. The van der Waals surface area contributed by atoms with E-state index in [0.717, 1.165) is 0 Å². The number of hydrogen-bond acceptors (Lipinski definition) is 5. The Bertz CT molecular complexity index is 546. The maximum Gasteiger partial charge on any atom is 0.307 e. The van der Waals surface area contributed by atoms with E-state index in [4.69, 9.17) is 5.11 Å². The van der Waals surface area contributed by atoms with Crippen molar-refractivity contribution in [3.8, 4) is 11.8 Å². The van der Waals surface area contributed by atoms with E-state index in [0.29, 0.717) is 5.56 Å². The second kappa shape index (κ2) is 7.92. The van der Waals surface area contributed by atoms with E-state index in [1.165, 1.54) is 18.2 Å². The van der Waals surface area contributed by atoms with Gasteiger partial charge in [0.25, 0.3) is 5.91 Å². The average molecular weight is 276 g/mol. The number of amides is 1. The van der Waals surface area contributed by atoms with Crippen molar-refractivity contribution in [1.29, 1.82) is 0 Å². The normalized spacial score (nSPS) is 9.35. The van der Waals surface area contributed by atoms with E-state index in [2.05, 4.69) is 21.6 Å². The quantitative estimate of drug-likeness (QED) is 0.621. The molecule has 106 valence electrons. The Balaban J connectivity index is 2.83. The van der Waals surface area contributed by atoms with Gasteiger partial charge in [0.2, 0.25) is 0 Å². The topological polar surface area (TPSA) is 79.7 Å². The fourth-order valence-corrected chi connectivity index (χ4v) is 1.45. The molecule has 0 saturated carbocycles. The average Bonchev–Trinajstić information content (AvgIpc) is 2.49. The predicted octanol–water partition coefficient (Wildman–Crippen LogP) is 0.0605. The Morgan fingerprint density at radius 3 is 2.90 bits per heavy atom. The molecule has 6 nitrogen and oxygen atoms in total. The Labute approximate surface area is 117 Å². The lowest BCUT2D eigenvalue weighted by molar-refractivity contribution is -0.140. The van der Waals surface area contributed by atoms with Crippen molar-refractivity contribution in [3.63, 3.8) is 0 Å². The van der Waals surface area contributed by atoms with Crippen molar-refractivity contribution >= 4 is 11.9 Å². The van der Waals surface area contributed by atoms with Gasteiger partial charge in [-0.1, -0.05) is 11.8 Å². The van der Waals surface area contributed by atoms with Crippen LogP contribution in [-0.2, 0) is 9.53 Å². The van der Waals surface area contributed by atoms with E-state index >= 15 is 0 Å². The molecule has 1 aromatic rings. The maximum atomic E-state index is 12.2. The van der Waals surface area contributed by atoms with Crippen LogP contribution >= 0.6 is 0 Å². The summed E-state index contributed by atoms with van der Waals surface area (Å²) in [5.74, 6) is 4.43. The number of pyridine rings is 1. The maximum absolute atomic E-state index is 12.2. The summed E-state index contributed by atoms with van der Waals surface area (Å²) in [6, 6.07) is 3.31. The minimum atomic E-state index is -0.383. The van der Waals surface area contributed by atoms with Gasteiger partial charge in [0.1, 0.15) is 12.3 Å². The van der Waals surface area contributed by atoms with Crippen LogP contribution in [0.4, 0.5) is 0 Å². The van der Waals surface area contributed by atoms with Gasteiger partial charge in [-0.3, -0.25) is 9.59 Å². The van der Waals surface area contributed by atoms with Crippen molar-refractivity contribution in [1.82, 2.24) is 9.88 Å². The highest BCUT2D eigenvalue weighted by atomic mass is 16.5. The summed E-state index contributed by atoms with van der Waals surface area (Å²) in [4.78, 5) is 28.7. The van der Waals surface area contributed by atoms with E-state index in [1.54, 1.807) is 19.2 Å². The number of nitrogens with zero attached hydrogens (tertiary/aromatic N) is 2. The highest BCUT2D eigenvalue weighted by Crippen LogP contribution is 2.07. The van der Waals surface area contributed by atoms with E-state index in [-0.39, 0.29) is 37.1 Å². The van der Waals surface area contributed by atoms with Gasteiger partial charge in [-0.25, -0.2) is 4.98 Å². The van der Waals surface area contributed by atoms with Gasteiger partial charge in [-0.05, 0) is 12.1 Å². The number of esters is 1. The van der Waals surface area contributed by atoms with Crippen LogP contribution in [0.3, 0.4) is 0 Å². The molecule has 0 aromatic carbocycles. The van der Waals surface area contributed by atoms with Gasteiger partial charge < -0.3 is 14.7 Å². The third-order valence-corrected chi connectivity index (χ3v) is 2.54. The molecule has 0 aliphatic rings. The Kier molecular flexibility index (Phi) is 6.20. The van der Waals surface area contributed by atoms with Crippen LogP contribution in [0.1, 0.15) is 22.5 Å². The van der Waals surface area contributed by atoms with Crippen molar-refractivity contribution in [2.75, 3.05) is 27.3 Å². The lowest BCUT2D eigenvalue weighted by Crippen LogP contribution is -2.30. The van der Waals surface area contributed by atoms with Crippen LogP contribution in [0.15, 0.2) is 18.3 Å². The van der Waals surface area contributed by atoms with Crippen molar-refractivity contribution < 1.29 is 19.4 Å². The fraction of sp³-hybridized carbons (Fsp3) is 0.357. The molecule has 0 spiro atoms. The van der Waals surface area contributed by atoms with Crippen LogP contribution in [0.2, 0.25) is 0 Å². The standard InChI is InChI=1S/C14H16N2O4/c1-16(9-7-12(18)20-2)14(19)13-11(6-4-10-17)5-3-8-15-13/h3,5,8,17H,7,9-10H2,1-2H3. The highest BCUT2D eigenvalue weighted by molar-refractivity contribution is 5.94. The zero-order chi connectivity index (χ0) is 15.0. The Morgan fingerprint density at radius 1 is 1.50 bits per heavy atom. The van der Waals surface area contributed by atoms with E-state index in [9.17, 15) is 9.59 Å².